The van der Waals surface area contributed by atoms with Crippen molar-refractivity contribution in [3.63, 3.8) is 0 Å². The van der Waals surface area contributed by atoms with Crippen LogP contribution in [0.15, 0.2) is 46.4 Å². The van der Waals surface area contributed by atoms with E-state index in [1.54, 1.807) is 0 Å². The molecule has 0 radical (unpaired) electrons. The van der Waals surface area contributed by atoms with E-state index in [4.69, 9.17) is 11.6 Å². The molecule has 1 heterocycles. The van der Waals surface area contributed by atoms with Crippen LogP contribution in [0.2, 0.25) is 5.02 Å². The molecule has 2 rings (SSSR count). The van der Waals surface area contributed by atoms with E-state index in [9.17, 15) is 4.79 Å². The molecule has 0 aliphatic heterocycles. The fourth-order valence-corrected chi connectivity index (χ4v) is 1.85. The summed E-state index contributed by atoms with van der Waals surface area (Å²) in [5, 5.41) is 10.3. The number of nitrogens with zero attached hydrogens (tertiary/aromatic N) is 2. The zero-order chi connectivity index (χ0) is 14.5. The van der Waals surface area contributed by atoms with Gasteiger partial charge in [0, 0.05) is 0 Å². The van der Waals surface area contributed by atoms with Crippen LogP contribution >= 0.6 is 11.6 Å². The normalized spacial score (nSPS) is 11.7. The molecule has 0 spiro atoms. The molecule has 6 heteroatoms. The highest BCUT2D eigenvalue weighted by Crippen LogP contribution is 2.16. The number of aromatic nitrogens is 2. The first kappa shape index (κ1) is 14.3. The Morgan fingerprint density at radius 3 is 2.70 bits per heavy atom. The van der Waals surface area contributed by atoms with Gasteiger partial charge in [-0.15, -0.1) is 0 Å². The van der Waals surface area contributed by atoms with Crippen molar-refractivity contribution >= 4 is 23.0 Å². The van der Waals surface area contributed by atoms with E-state index in [-0.39, 0.29) is 10.9 Å². The Morgan fingerprint density at radius 2 is 2.05 bits per heavy atom. The minimum absolute atomic E-state index is 0.0416. The Labute approximate surface area is 121 Å². The van der Waals surface area contributed by atoms with E-state index in [1.807, 2.05) is 44.2 Å². The quantitative estimate of drug-likeness (QED) is 0.672. The highest BCUT2D eigenvalue weighted by molar-refractivity contribution is 6.32. The lowest BCUT2D eigenvalue weighted by Crippen LogP contribution is -2.14. The van der Waals surface area contributed by atoms with Gasteiger partial charge in [0.05, 0.1) is 11.9 Å². The SMILES string of the molecule is CC(C)/C(=N/Nc1cn[nH]c(=O)c1Cl)c1ccccc1. The van der Waals surface area contributed by atoms with Crippen molar-refractivity contribution in [3.8, 4) is 0 Å². The van der Waals surface area contributed by atoms with Gasteiger partial charge in [0.1, 0.15) is 10.7 Å². The molecule has 0 amide bonds. The van der Waals surface area contributed by atoms with Crippen molar-refractivity contribution in [2.45, 2.75) is 13.8 Å². The number of aromatic amines is 1. The van der Waals surface area contributed by atoms with Crippen molar-refractivity contribution in [1.29, 1.82) is 0 Å². The van der Waals surface area contributed by atoms with Crippen LogP contribution in [-0.2, 0) is 0 Å². The summed E-state index contributed by atoms with van der Waals surface area (Å²) in [7, 11) is 0. The van der Waals surface area contributed by atoms with Gasteiger partial charge in [-0.3, -0.25) is 10.2 Å². The van der Waals surface area contributed by atoms with E-state index in [0.717, 1.165) is 11.3 Å². The second kappa shape index (κ2) is 6.34. The summed E-state index contributed by atoms with van der Waals surface area (Å²) in [4.78, 5) is 11.3. The first-order valence-electron chi connectivity index (χ1n) is 6.21. The lowest BCUT2D eigenvalue weighted by molar-refractivity contribution is 0.880. The van der Waals surface area contributed by atoms with Gasteiger partial charge >= 0.3 is 0 Å². The third-order valence-electron chi connectivity index (χ3n) is 2.71. The molecular formula is C14H15ClN4O. The zero-order valence-corrected chi connectivity index (χ0v) is 12.0. The van der Waals surface area contributed by atoms with Gasteiger partial charge in [-0.1, -0.05) is 55.8 Å². The number of halogens is 1. The predicted octanol–water partition coefficient (Wildman–Crippen LogP) is 2.90. The predicted molar refractivity (Wildman–Crippen MR) is 81.3 cm³/mol. The highest BCUT2D eigenvalue weighted by Gasteiger charge is 2.09. The van der Waals surface area contributed by atoms with Crippen molar-refractivity contribution in [1.82, 2.24) is 10.2 Å². The summed E-state index contributed by atoms with van der Waals surface area (Å²) in [5.74, 6) is 0.221. The fourth-order valence-electron chi connectivity index (χ4n) is 1.72. The molecule has 2 aromatic rings. The second-order valence-electron chi connectivity index (χ2n) is 4.56. The third-order valence-corrected chi connectivity index (χ3v) is 3.08. The van der Waals surface area contributed by atoms with E-state index in [2.05, 4.69) is 20.7 Å². The summed E-state index contributed by atoms with van der Waals surface area (Å²) in [6.45, 7) is 4.09. The molecule has 0 saturated heterocycles. The van der Waals surface area contributed by atoms with Crippen molar-refractivity contribution < 1.29 is 0 Å². The second-order valence-corrected chi connectivity index (χ2v) is 4.93. The van der Waals surface area contributed by atoms with Gasteiger partial charge in [-0.25, -0.2) is 5.10 Å². The van der Waals surface area contributed by atoms with Crippen LogP contribution in [0.5, 0.6) is 0 Å². The van der Waals surface area contributed by atoms with Crippen molar-refractivity contribution in [3.05, 3.63) is 57.5 Å². The van der Waals surface area contributed by atoms with Crippen LogP contribution in [0.1, 0.15) is 19.4 Å². The number of nitrogens with one attached hydrogen (secondary N) is 2. The number of hydrazone groups is 1. The topological polar surface area (TPSA) is 70.1 Å². The van der Waals surface area contributed by atoms with Crippen LogP contribution in [0.25, 0.3) is 0 Å². The average molecular weight is 291 g/mol. The summed E-state index contributed by atoms with van der Waals surface area (Å²) in [6.07, 6.45) is 1.43. The first-order chi connectivity index (χ1) is 9.59. The summed E-state index contributed by atoms with van der Waals surface area (Å²) < 4.78 is 0. The molecule has 5 nitrogen and oxygen atoms in total. The molecule has 0 unspecified atom stereocenters. The van der Waals surface area contributed by atoms with Crippen LogP contribution in [0.3, 0.4) is 0 Å². The average Bonchev–Trinajstić information content (AvgIpc) is 2.44. The van der Waals surface area contributed by atoms with Gasteiger partial charge in [-0.05, 0) is 11.5 Å². The minimum atomic E-state index is -0.447. The molecule has 2 N–H and O–H groups in total. The summed E-state index contributed by atoms with van der Waals surface area (Å²) >= 11 is 5.89. The maximum absolute atomic E-state index is 11.3. The molecule has 0 atom stereocenters. The van der Waals surface area contributed by atoms with Gasteiger partial charge in [0.2, 0.25) is 0 Å². The molecule has 1 aromatic heterocycles. The minimum Gasteiger partial charge on any atom is -0.275 e. The van der Waals surface area contributed by atoms with E-state index in [0.29, 0.717) is 5.69 Å². The largest absolute Gasteiger partial charge is 0.285 e. The number of H-pyrrole nitrogens is 1. The number of anilines is 1. The van der Waals surface area contributed by atoms with E-state index in [1.165, 1.54) is 6.20 Å². The highest BCUT2D eigenvalue weighted by atomic mass is 35.5. The molecule has 0 bridgehead atoms. The van der Waals surface area contributed by atoms with Gasteiger partial charge in [-0.2, -0.15) is 10.2 Å². The smallest absolute Gasteiger partial charge is 0.275 e. The van der Waals surface area contributed by atoms with Crippen molar-refractivity contribution in [2.75, 3.05) is 5.43 Å². The number of hydrogen-bond donors (Lipinski definition) is 2. The fraction of sp³-hybridized carbons (Fsp3) is 0.214. The Bertz CT molecular complexity index is 664. The number of benzene rings is 1. The third kappa shape index (κ3) is 3.24. The van der Waals surface area contributed by atoms with Gasteiger partial charge < -0.3 is 0 Å². The summed E-state index contributed by atoms with van der Waals surface area (Å²) in [5.41, 5.74) is 4.63. The Morgan fingerprint density at radius 1 is 1.35 bits per heavy atom. The number of hydrogen-bond acceptors (Lipinski definition) is 4. The van der Waals surface area contributed by atoms with Crippen LogP contribution < -0.4 is 11.0 Å². The Kier molecular flexibility index (Phi) is 4.53. The summed E-state index contributed by atoms with van der Waals surface area (Å²) in [6, 6.07) is 9.83. The standard InChI is InChI=1S/C14H15ClN4O/c1-9(2)13(10-6-4-3-5-7-10)18-17-11-8-16-19-14(20)12(11)15/h3-9H,1-2H3,(H2,17,19,20)/b18-13-. The maximum Gasteiger partial charge on any atom is 0.285 e. The monoisotopic (exact) mass is 290 g/mol. The molecule has 104 valence electrons. The Balaban J connectivity index is 2.32. The molecule has 0 saturated carbocycles. The first-order valence-corrected chi connectivity index (χ1v) is 6.59. The lowest BCUT2D eigenvalue weighted by atomic mass is 10.0. The molecule has 20 heavy (non-hydrogen) atoms. The molecular weight excluding hydrogens is 276 g/mol. The zero-order valence-electron chi connectivity index (χ0n) is 11.2. The van der Waals surface area contributed by atoms with Gasteiger partial charge in [0.15, 0.2) is 0 Å². The number of rotatable bonds is 4. The van der Waals surface area contributed by atoms with Crippen LogP contribution in [0, 0.1) is 5.92 Å². The van der Waals surface area contributed by atoms with Crippen molar-refractivity contribution in [2.24, 2.45) is 11.0 Å². The van der Waals surface area contributed by atoms with E-state index < -0.39 is 5.56 Å². The van der Waals surface area contributed by atoms with Crippen LogP contribution in [-0.4, -0.2) is 15.9 Å². The molecule has 1 aromatic carbocycles. The van der Waals surface area contributed by atoms with Crippen LogP contribution in [0.4, 0.5) is 5.69 Å². The molecule has 0 fully saturated rings. The molecule has 0 aliphatic carbocycles. The molecule has 0 aliphatic rings. The van der Waals surface area contributed by atoms with E-state index >= 15 is 0 Å². The van der Waals surface area contributed by atoms with Gasteiger partial charge in [0.25, 0.3) is 5.56 Å². The Hall–Kier alpha value is -2.14. The maximum atomic E-state index is 11.3. The lowest BCUT2D eigenvalue weighted by Gasteiger charge is -2.11.